The van der Waals surface area contributed by atoms with E-state index in [1.165, 1.54) is 17.8 Å². The van der Waals surface area contributed by atoms with Crippen LogP contribution in [0.25, 0.3) is 11.3 Å². The zero-order valence-corrected chi connectivity index (χ0v) is 16.4. The van der Waals surface area contributed by atoms with Gasteiger partial charge in [-0.25, -0.2) is 9.97 Å². The number of anilines is 1. The van der Waals surface area contributed by atoms with Crippen LogP contribution < -0.4 is 5.32 Å². The van der Waals surface area contributed by atoms with Gasteiger partial charge in [0.2, 0.25) is 11.7 Å². The highest BCUT2D eigenvalue weighted by atomic mass is 32.2. The molecule has 0 saturated carbocycles. The zero-order chi connectivity index (χ0) is 21.0. The summed E-state index contributed by atoms with van der Waals surface area (Å²) < 4.78 is 13.4. The molecule has 3 aromatic rings. The molecule has 0 bridgehead atoms. The van der Waals surface area contributed by atoms with E-state index in [-0.39, 0.29) is 5.69 Å². The van der Waals surface area contributed by atoms with Gasteiger partial charge >= 0.3 is 5.69 Å². The van der Waals surface area contributed by atoms with Crippen molar-refractivity contribution in [1.29, 1.82) is 0 Å². The summed E-state index contributed by atoms with van der Waals surface area (Å²) in [4.78, 5) is 31.4. The molecule has 0 aliphatic rings. The quantitative estimate of drug-likeness (QED) is 0.275. The molecule has 3 rings (SSSR count). The summed E-state index contributed by atoms with van der Waals surface area (Å²) in [5.41, 5.74) is 1.91. The minimum Gasteiger partial charge on any atom is -0.325 e. The molecular formula is C20H17FN4O3S. The first-order chi connectivity index (χ1) is 13.8. The number of thioether (sulfide) groups is 1. The Balaban J connectivity index is 1.74. The average molecular weight is 412 g/mol. The Morgan fingerprint density at radius 3 is 2.59 bits per heavy atom. The molecule has 0 unspecified atom stereocenters. The Hall–Kier alpha value is -3.33. The predicted molar refractivity (Wildman–Crippen MR) is 109 cm³/mol. The second-order valence-corrected chi connectivity index (χ2v) is 7.52. The van der Waals surface area contributed by atoms with Gasteiger partial charge < -0.3 is 5.32 Å². The first-order valence-electron chi connectivity index (χ1n) is 8.66. The molecular weight excluding hydrogens is 395 g/mol. The Labute approximate surface area is 170 Å². The smallest absolute Gasteiger partial charge is 0.306 e. The number of hydrogen-bond donors (Lipinski definition) is 1. The van der Waals surface area contributed by atoms with Crippen LogP contribution in [0.3, 0.4) is 0 Å². The topological polar surface area (TPSA) is 98.0 Å². The van der Waals surface area contributed by atoms with Crippen LogP contribution in [-0.4, -0.2) is 26.0 Å². The minimum absolute atomic E-state index is 0.144. The molecule has 1 atom stereocenters. The van der Waals surface area contributed by atoms with E-state index in [0.717, 1.165) is 29.1 Å². The molecule has 0 fully saturated rings. The zero-order valence-electron chi connectivity index (χ0n) is 15.6. The molecule has 0 aliphatic heterocycles. The number of aromatic nitrogens is 2. The van der Waals surface area contributed by atoms with Gasteiger partial charge in [0.1, 0.15) is 0 Å². The van der Waals surface area contributed by atoms with E-state index in [1.807, 2.05) is 43.3 Å². The van der Waals surface area contributed by atoms with E-state index in [9.17, 15) is 19.3 Å². The fraction of sp³-hybridized carbons (Fsp3) is 0.150. The highest BCUT2D eigenvalue weighted by Gasteiger charge is 2.20. The van der Waals surface area contributed by atoms with Crippen molar-refractivity contribution >= 4 is 29.0 Å². The van der Waals surface area contributed by atoms with Crippen molar-refractivity contribution in [2.45, 2.75) is 24.3 Å². The van der Waals surface area contributed by atoms with Gasteiger partial charge in [-0.2, -0.15) is 4.39 Å². The minimum atomic E-state index is -0.961. The van der Waals surface area contributed by atoms with Crippen molar-refractivity contribution in [2.24, 2.45) is 0 Å². The van der Waals surface area contributed by atoms with Gasteiger partial charge in [0.05, 0.1) is 15.9 Å². The molecule has 2 aromatic carbocycles. The molecule has 1 amide bonds. The maximum Gasteiger partial charge on any atom is 0.306 e. The van der Waals surface area contributed by atoms with Gasteiger partial charge in [0.25, 0.3) is 0 Å². The molecule has 0 spiro atoms. The van der Waals surface area contributed by atoms with Crippen LogP contribution in [0.2, 0.25) is 0 Å². The van der Waals surface area contributed by atoms with Gasteiger partial charge in [-0.1, -0.05) is 42.1 Å². The van der Waals surface area contributed by atoms with Crippen LogP contribution in [0.4, 0.5) is 15.8 Å². The van der Waals surface area contributed by atoms with Crippen molar-refractivity contribution in [2.75, 3.05) is 5.32 Å². The average Bonchev–Trinajstić information content (AvgIpc) is 2.69. The number of amides is 1. The van der Waals surface area contributed by atoms with E-state index in [4.69, 9.17) is 0 Å². The molecule has 0 aliphatic carbocycles. The number of nitrogens with zero attached hydrogens (tertiary/aromatic N) is 3. The van der Waals surface area contributed by atoms with Crippen molar-refractivity contribution < 1.29 is 14.1 Å². The van der Waals surface area contributed by atoms with Crippen LogP contribution in [0, 0.1) is 22.9 Å². The number of carbonyl (C=O) groups excluding carboxylic acids is 1. The lowest BCUT2D eigenvalue weighted by Crippen LogP contribution is -2.22. The molecule has 9 heteroatoms. The SMILES string of the molecule is Cc1cc(-c2ccccc2)nc(S[C@@H](C)C(=O)Nc2ccc(F)c([N+](=O)[O-])c2)n1. The molecule has 0 radical (unpaired) electrons. The normalized spacial score (nSPS) is 11.7. The van der Waals surface area contributed by atoms with E-state index >= 15 is 0 Å². The Bertz CT molecular complexity index is 1060. The van der Waals surface area contributed by atoms with E-state index < -0.39 is 27.6 Å². The number of hydrogen-bond acceptors (Lipinski definition) is 6. The number of benzene rings is 2. The number of nitro groups is 1. The van der Waals surface area contributed by atoms with Crippen LogP contribution in [0.15, 0.2) is 59.8 Å². The molecule has 0 saturated heterocycles. The fourth-order valence-electron chi connectivity index (χ4n) is 2.54. The highest BCUT2D eigenvalue weighted by molar-refractivity contribution is 8.00. The summed E-state index contributed by atoms with van der Waals surface area (Å²) in [6.45, 7) is 3.52. The van der Waals surface area contributed by atoms with Crippen LogP contribution in [-0.2, 0) is 4.79 Å². The second-order valence-electron chi connectivity index (χ2n) is 6.22. The van der Waals surface area contributed by atoms with Crippen LogP contribution in [0.5, 0.6) is 0 Å². The lowest BCUT2D eigenvalue weighted by molar-refractivity contribution is -0.387. The first-order valence-corrected chi connectivity index (χ1v) is 9.54. The molecule has 1 heterocycles. The van der Waals surface area contributed by atoms with Crippen molar-refractivity contribution in [3.05, 3.63) is 76.2 Å². The maximum atomic E-state index is 13.4. The molecule has 148 valence electrons. The largest absolute Gasteiger partial charge is 0.325 e. The fourth-order valence-corrected chi connectivity index (χ4v) is 3.37. The Kier molecular flexibility index (Phi) is 6.18. The van der Waals surface area contributed by atoms with Crippen LogP contribution >= 0.6 is 11.8 Å². The molecule has 7 nitrogen and oxygen atoms in total. The Morgan fingerprint density at radius 2 is 1.90 bits per heavy atom. The lowest BCUT2D eigenvalue weighted by atomic mass is 10.1. The molecule has 29 heavy (non-hydrogen) atoms. The van der Waals surface area contributed by atoms with E-state index in [1.54, 1.807) is 6.92 Å². The van der Waals surface area contributed by atoms with Gasteiger partial charge in [-0.15, -0.1) is 0 Å². The number of carbonyl (C=O) groups is 1. The number of halogens is 1. The van der Waals surface area contributed by atoms with Crippen molar-refractivity contribution in [3.8, 4) is 11.3 Å². The summed E-state index contributed by atoms with van der Waals surface area (Å²) in [5.74, 6) is -1.36. The van der Waals surface area contributed by atoms with Gasteiger partial charge in [0, 0.05) is 23.0 Å². The first kappa shape index (κ1) is 20.4. The molecule has 1 N–H and O–H groups in total. The predicted octanol–water partition coefficient (Wildman–Crippen LogP) is 4.62. The third kappa shape index (κ3) is 5.14. The van der Waals surface area contributed by atoms with Gasteiger partial charge in [0.15, 0.2) is 5.16 Å². The summed E-state index contributed by atoms with van der Waals surface area (Å²) in [5, 5.41) is 13.3. The summed E-state index contributed by atoms with van der Waals surface area (Å²) in [6.07, 6.45) is 0. The number of nitro benzene ring substituents is 1. The van der Waals surface area contributed by atoms with Crippen LogP contribution in [0.1, 0.15) is 12.6 Å². The lowest BCUT2D eigenvalue weighted by Gasteiger charge is -2.12. The second kappa shape index (κ2) is 8.78. The third-order valence-corrected chi connectivity index (χ3v) is 4.93. The van der Waals surface area contributed by atoms with Crippen molar-refractivity contribution in [3.63, 3.8) is 0 Å². The summed E-state index contributed by atoms with van der Waals surface area (Å²) in [7, 11) is 0. The Morgan fingerprint density at radius 1 is 1.17 bits per heavy atom. The number of aryl methyl sites for hydroxylation is 1. The monoisotopic (exact) mass is 412 g/mol. The van der Waals surface area contributed by atoms with E-state index in [2.05, 4.69) is 15.3 Å². The van der Waals surface area contributed by atoms with Gasteiger partial charge in [-0.05, 0) is 32.0 Å². The number of nitrogens with one attached hydrogen (secondary N) is 1. The summed E-state index contributed by atoms with van der Waals surface area (Å²) >= 11 is 1.17. The number of rotatable bonds is 6. The van der Waals surface area contributed by atoms with Gasteiger partial charge in [-0.3, -0.25) is 14.9 Å². The summed E-state index contributed by atoms with van der Waals surface area (Å²) in [6, 6.07) is 14.7. The highest BCUT2D eigenvalue weighted by Crippen LogP contribution is 2.26. The molecule has 1 aromatic heterocycles. The maximum absolute atomic E-state index is 13.4. The standard InChI is InChI=1S/C20H17FN4O3S/c1-12-10-17(14-6-4-3-5-7-14)24-20(22-12)29-13(2)19(26)23-15-8-9-16(21)18(11-15)25(27)28/h3-11,13H,1-2H3,(H,23,26)/t13-/m0/s1. The third-order valence-electron chi connectivity index (χ3n) is 3.97. The van der Waals surface area contributed by atoms with Crippen molar-refractivity contribution in [1.82, 2.24) is 9.97 Å². The van der Waals surface area contributed by atoms with E-state index in [0.29, 0.717) is 5.16 Å².